The summed E-state index contributed by atoms with van der Waals surface area (Å²) >= 11 is 1.58. The van der Waals surface area contributed by atoms with Crippen LogP contribution in [0, 0.1) is 6.92 Å². The van der Waals surface area contributed by atoms with E-state index in [-0.39, 0.29) is 18.1 Å². The Hall–Kier alpha value is -2.22. The molecule has 100 valence electrons. The molecule has 0 radical (unpaired) electrons. The number of nitrogens with one attached hydrogen (secondary N) is 1. The summed E-state index contributed by atoms with van der Waals surface area (Å²) in [4.78, 5) is 23.4. The van der Waals surface area contributed by atoms with E-state index in [9.17, 15) is 9.59 Å². The smallest absolute Gasteiger partial charge is 0.358 e. The molecule has 0 saturated heterocycles. The number of amides is 1. The molecule has 2 aromatic rings. The van der Waals surface area contributed by atoms with Crippen LogP contribution in [0.2, 0.25) is 0 Å². The van der Waals surface area contributed by atoms with Crippen molar-refractivity contribution >= 4 is 23.2 Å². The van der Waals surface area contributed by atoms with E-state index in [2.05, 4.69) is 15.6 Å². The van der Waals surface area contributed by atoms with Gasteiger partial charge in [-0.3, -0.25) is 4.79 Å². The molecule has 8 heteroatoms. The summed E-state index contributed by atoms with van der Waals surface area (Å²) in [7, 11) is 0. The molecule has 0 aliphatic heterocycles. The van der Waals surface area contributed by atoms with Crippen molar-refractivity contribution in [3.8, 4) is 0 Å². The van der Waals surface area contributed by atoms with Gasteiger partial charge >= 0.3 is 5.97 Å². The van der Waals surface area contributed by atoms with Gasteiger partial charge in [-0.2, -0.15) is 0 Å². The number of aromatic nitrogens is 3. The lowest BCUT2D eigenvalue weighted by atomic mass is 10.3. The zero-order chi connectivity index (χ0) is 13.8. The van der Waals surface area contributed by atoms with Crippen LogP contribution in [-0.4, -0.2) is 32.0 Å². The number of carbonyl (C=O) groups is 2. The fourth-order valence-corrected chi connectivity index (χ4v) is 2.29. The Morgan fingerprint density at radius 2 is 2.32 bits per heavy atom. The van der Waals surface area contributed by atoms with Crippen LogP contribution in [0.1, 0.15) is 20.9 Å². The van der Waals surface area contributed by atoms with Gasteiger partial charge in [0.2, 0.25) is 5.91 Å². The van der Waals surface area contributed by atoms with E-state index in [1.165, 1.54) is 10.9 Å². The highest BCUT2D eigenvalue weighted by Gasteiger charge is 2.10. The Kier molecular flexibility index (Phi) is 3.91. The van der Waals surface area contributed by atoms with Crippen LogP contribution in [0.25, 0.3) is 0 Å². The molecule has 19 heavy (non-hydrogen) atoms. The third-order valence-corrected chi connectivity index (χ3v) is 3.50. The molecule has 2 heterocycles. The highest BCUT2D eigenvalue weighted by atomic mass is 32.1. The molecular formula is C11H12N4O3S. The zero-order valence-electron chi connectivity index (χ0n) is 10.2. The highest BCUT2D eigenvalue weighted by molar-refractivity contribution is 7.10. The van der Waals surface area contributed by atoms with E-state index >= 15 is 0 Å². The molecule has 2 N–H and O–H groups in total. The third kappa shape index (κ3) is 3.38. The van der Waals surface area contributed by atoms with Crippen molar-refractivity contribution in [3.63, 3.8) is 0 Å². The number of thiophene rings is 1. The van der Waals surface area contributed by atoms with E-state index in [0.29, 0.717) is 6.54 Å². The second-order valence-electron chi connectivity index (χ2n) is 3.91. The SMILES string of the molecule is Cc1ccsc1CNC(=O)Cn1cc(C(=O)O)nn1. The monoisotopic (exact) mass is 280 g/mol. The van der Waals surface area contributed by atoms with Crippen LogP contribution in [0.4, 0.5) is 0 Å². The number of aromatic carboxylic acids is 1. The van der Waals surface area contributed by atoms with Gasteiger partial charge in [0.05, 0.1) is 12.7 Å². The number of rotatable bonds is 5. The van der Waals surface area contributed by atoms with Crippen molar-refractivity contribution in [2.45, 2.75) is 20.0 Å². The largest absolute Gasteiger partial charge is 0.476 e. The first-order valence-corrected chi connectivity index (χ1v) is 6.37. The number of hydrogen-bond donors (Lipinski definition) is 2. The minimum Gasteiger partial charge on any atom is -0.476 e. The van der Waals surface area contributed by atoms with Crippen molar-refractivity contribution in [2.24, 2.45) is 0 Å². The van der Waals surface area contributed by atoms with Gasteiger partial charge in [-0.15, -0.1) is 16.4 Å². The van der Waals surface area contributed by atoms with E-state index in [0.717, 1.165) is 10.4 Å². The van der Waals surface area contributed by atoms with Crippen molar-refractivity contribution in [2.75, 3.05) is 0 Å². The summed E-state index contributed by atoms with van der Waals surface area (Å²) in [6.45, 7) is 2.39. The molecule has 0 aliphatic rings. The maximum atomic E-state index is 11.7. The molecule has 0 aromatic carbocycles. The summed E-state index contributed by atoms with van der Waals surface area (Å²) in [5.41, 5.74) is 0.959. The van der Waals surface area contributed by atoms with Crippen LogP contribution < -0.4 is 5.32 Å². The van der Waals surface area contributed by atoms with Gasteiger partial charge in [0.15, 0.2) is 5.69 Å². The molecule has 1 amide bonds. The van der Waals surface area contributed by atoms with E-state index in [4.69, 9.17) is 5.11 Å². The van der Waals surface area contributed by atoms with Crippen LogP contribution in [0.5, 0.6) is 0 Å². The molecule has 2 aromatic heterocycles. The number of hydrogen-bond acceptors (Lipinski definition) is 5. The van der Waals surface area contributed by atoms with Crippen molar-refractivity contribution in [3.05, 3.63) is 33.8 Å². The molecule has 0 spiro atoms. The van der Waals surface area contributed by atoms with E-state index < -0.39 is 5.97 Å². The van der Waals surface area contributed by atoms with Crippen LogP contribution in [0.15, 0.2) is 17.6 Å². The molecule has 0 fully saturated rings. The Labute approximate surface area is 112 Å². The topological polar surface area (TPSA) is 97.1 Å². The Bertz CT molecular complexity index is 605. The van der Waals surface area contributed by atoms with E-state index in [1.54, 1.807) is 11.3 Å². The standard InChI is InChI=1S/C11H12N4O3S/c1-7-2-3-19-9(7)4-12-10(16)6-15-5-8(11(17)18)13-14-15/h2-3,5H,4,6H2,1H3,(H,12,16)(H,17,18). The summed E-state index contributed by atoms with van der Waals surface area (Å²) in [6, 6.07) is 1.99. The van der Waals surface area contributed by atoms with Crippen molar-refractivity contribution < 1.29 is 14.7 Å². The maximum absolute atomic E-state index is 11.7. The lowest BCUT2D eigenvalue weighted by molar-refractivity contribution is -0.122. The average molecular weight is 280 g/mol. The van der Waals surface area contributed by atoms with Crippen LogP contribution in [-0.2, 0) is 17.9 Å². The van der Waals surface area contributed by atoms with Crippen molar-refractivity contribution in [1.29, 1.82) is 0 Å². The Morgan fingerprint density at radius 1 is 1.53 bits per heavy atom. The van der Waals surface area contributed by atoms with Gasteiger partial charge in [-0.05, 0) is 23.9 Å². The van der Waals surface area contributed by atoms with E-state index in [1.807, 2.05) is 18.4 Å². The number of nitrogens with zero attached hydrogens (tertiary/aromatic N) is 3. The number of carboxylic acids is 1. The molecule has 0 unspecified atom stereocenters. The lowest BCUT2D eigenvalue weighted by Crippen LogP contribution is -2.27. The Balaban J connectivity index is 1.87. The van der Waals surface area contributed by atoms with Gasteiger partial charge in [0.25, 0.3) is 0 Å². The van der Waals surface area contributed by atoms with Gasteiger partial charge in [-0.25, -0.2) is 9.48 Å². The summed E-state index contributed by atoms with van der Waals surface area (Å²) in [5.74, 6) is -1.41. The second kappa shape index (κ2) is 5.61. The second-order valence-corrected chi connectivity index (χ2v) is 4.91. The summed E-state index contributed by atoms with van der Waals surface area (Å²) in [6.07, 6.45) is 1.22. The minimum atomic E-state index is -1.17. The van der Waals surface area contributed by atoms with Gasteiger partial charge < -0.3 is 10.4 Å². The van der Waals surface area contributed by atoms with Gasteiger partial charge in [0, 0.05) is 4.88 Å². The zero-order valence-corrected chi connectivity index (χ0v) is 11.0. The molecular weight excluding hydrogens is 268 g/mol. The fraction of sp³-hybridized carbons (Fsp3) is 0.273. The Morgan fingerprint density at radius 3 is 2.89 bits per heavy atom. The molecule has 0 bridgehead atoms. The van der Waals surface area contributed by atoms with Crippen molar-refractivity contribution in [1.82, 2.24) is 20.3 Å². The first-order chi connectivity index (χ1) is 9.06. The molecule has 0 atom stereocenters. The number of aryl methyl sites for hydroxylation is 1. The quantitative estimate of drug-likeness (QED) is 0.838. The lowest BCUT2D eigenvalue weighted by Gasteiger charge is -2.04. The summed E-state index contributed by atoms with van der Waals surface area (Å²) < 4.78 is 1.19. The number of carboxylic acid groups (broad SMARTS) is 1. The molecule has 2 rings (SSSR count). The number of carbonyl (C=O) groups excluding carboxylic acids is 1. The minimum absolute atomic E-state index is 0.0509. The van der Waals surface area contributed by atoms with Gasteiger partial charge in [-0.1, -0.05) is 5.21 Å². The van der Waals surface area contributed by atoms with Crippen LogP contribution in [0.3, 0.4) is 0 Å². The predicted molar refractivity (Wildman–Crippen MR) is 67.9 cm³/mol. The predicted octanol–water partition coefficient (Wildman–Crippen LogP) is 0.663. The first kappa shape index (κ1) is 13.2. The fourth-order valence-electron chi connectivity index (χ4n) is 1.44. The normalized spacial score (nSPS) is 10.4. The average Bonchev–Trinajstić information content (AvgIpc) is 2.96. The van der Waals surface area contributed by atoms with Gasteiger partial charge in [0.1, 0.15) is 6.54 Å². The molecule has 0 aliphatic carbocycles. The van der Waals surface area contributed by atoms with Crippen LogP contribution >= 0.6 is 11.3 Å². The third-order valence-electron chi connectivity index (χ3n) is 2.48. The summed E-state index contributed by atoms with van der Waals surface area (Å²) in [5, 5.41) is 20.4. The molecule has 7 nitrogen and oxygen atoms in total. The molecule has 0 saturated carbocycles. The maximum Gasteiger partial charge on any atom is 0.358 e. The first-order valence-electron chi connectivity index (χ1n) is 5.49. The highest BCUT2D eigenvalue weighted by Crippen LogP contribution is 2.14.